The number of likely N-dealkylation sites (N-methyl/N-ethyl adjacent to an activating group) is 1. The highest BCUT2D eigenvalue weighted by molar-refractivity contribution is 5.86. The van der Waals surface area contributed by atoms with Gasteiger partial charge >= 0.3 is 5.69 Å². The van der Waals surface area contributed by atoms with E-state index in [-0.39, 0.29) is 29.8 Å². The standard InChI is InChI=1S/C11H15N5O4/c1-13-11(17)8-6-20-5-4-15(8)10-7(16(18)19)2-3-9(12)14-10/h2-3,8H,4-6H2,1H3,(H2,12,14)(H,13,17). The molecule has 9 heteroatoms. The van der Waals surface area contributed by atoms with E-state index in [0.29, 0.717) is 13.2 Å². The molecule has 2 rings (SSSR count). The number of nitrogens with zero attached hydrogens (tertiary/aromatic N) is 3. The molecule has 1 fully saturated rings. The van der Waals surface area contributed by atoms with Gasteiger partial charge in [-0.25, -0.2) is 4.98 Å². The Morgan fingerprint density at radius 2 is 2.40 bits per heavy atom. The van der Waals surface area contributed by atoms with E-state index in [1.807, 2.05) is 0 Å². The minimum atomic E-state index is -0.665. The third-order valence-corrected chi connectivity index (χ3v) is 3.02. The zero-order valence-electron chi connectivity index (χ0n) is 10.9. The number of carbonyl (C=O) groups excluding carboxylic acids is 1. The second-order valence-electron chi connectivity index (χ2n) is 4.23. The number of amides is 1. The molecule has 1 aromatic rings. The third kappa shape index (κ3) is 2.62. The van der Waals surface area contributed by atoms with Crippen LogP contribution in [0, 0.1) is 10.1 Å². The zero-order chi connectivity index (χ0) is 14.7. The molecule has 0 radical (unpaired) electrons. The number of nitrogen functional groups attached to an aromatic ring is 1. The van der Waals surface area contributed by atoms with Crippen molar-refractivity contribution < 1.29 is 14.5 Å². The Hall–Kier alpha value is -2.42. The summed E-state index contributed by atoms with van der Waals surface area (Å²) in [5.74, 6) is -0.0390. The third-order valence-electron chi connectivity index (χ3n) is 3.02. The van der Waals surface area contributed by atoms with Gasteiger partial charge in [0.1, 0.15) is 11.9 Å². The van der Waals surface area contributed by atoms with Crippen molar-refractivity contribution in [2.45, 2.75) is 6.04 Å². The molecular weight excluding hydrogens is 266 g/mol. The molecule has 1 atom stereocenters. The first-order valence-corrected chi connectivity index (χ1v) is 6.01. The fourth-order valence-electron chi connectivity index (χ4n) is 2.05. The summed E-state index contributed by atoms with van der Waals surface area (Å²) < 4.78 is 5.26. The number of rotatable bonds is 3. The van der Waals surface area contributed by atoms with E-state index in [4.69, 9.17) is 10.5 Å². The molecule has 9 nitrogen and oxygen atoms in total. The Morgan fingerprint density at radius 3 is 3.05 bits per heavy atom. The maximum Gasteiger partial charge on any atom is 0.311 e. The van der Waals surface area contributed by atoms with Crippen LogP contribution in [-0.4, -0.2) is 48.7 Å². The van der Waals surface area contributed by atoms with Crippen molar-refractivity contribution in [1.82, 2.24) is 10.3 Å². The summed E-state index contributed by atoms with van der Waals surface area (Å²) in [6, 6.07) is 1.98. The molecule has 1 aromatic heterocycles. The average molecular weight is 281 g/mol. The molecule has 0 aromatic carbocycles. The Bertz CT molecular complexity index is 536. The minimum Gasteiger partial charge on any atom is -0.384 e. The van der Waals surface area contributed by atoms with Crippen molar-refractivity contribution in [3.05, 3.63) is 22.2 Å². The molecule has 1 aliphatic heterocycles. The number of nitrogens with two attached hydrogens (primary N) is 1. The summed E-state index contributed by atoms with van der Waals surface area (Å²) in [6.07, 6.45) is 0. The number of aromatic nitrogens is 1. The summed E-state index contributed by atoms with van der Waals surface area (Å²) in [5, 5.41) is 13.6. The number of carbonyl (C=O) groups is 1. The van der Waals surface area contributed by atoms with Gasteiger partial charge < -0.3 is 20.7 Å². The van der Waals surface area contributed by atoms with E-state index in [2.05, 4.69) is 10.3 Å². The predicted molar refractivity (Wildman–Crippen MR) is 71.3 cm³/mol. The van der Waals surface area contributed by atoms with E-state index in [1.54, 1.807) is 4.90 Å². The summed E-state index contributed by atoms with van der Waals surface area (Å²) in [5.41, 5.74) is 5.41. The van der Waals surface area contributed by atoms with Gasteiger partial charge in [-0.1, -0.05) is 0 Å². The van der Waals surface area contributed by atoms with Crippen LogP contribution in [0.2, 0.25) is 0 Å². The average Bonchev–Trinajstić information content (AvgIpc) is 2.46. The summed E-state index contributed by atoms with van der Waals surface area (Å²) in [6.45, 7) is 0.837. The number of anilines is 2. The van der Waals surface area contributed by atoms with Crippen molar-refractivity contribution in [1.29, 1.82) is 0 Å². The lowest BCUT2D eigenvalue weighted by Gasteiger charge is -2.34. The monoisotopic (exact) mass is 281 g/mol. The summed E-state index contributed by atoms with van der Waals surface area (Å²) in [4.78, 5) is 28.0. The fraction of sp³-hybridized carbons (Fsp3) is 0.455. The second-order valence-corrected chi connectivity index (χ2v) is 4.23. The van der Waals surface area contributed by atoms with E-state index < -0.39 is 11.0 Å². The van der Waals surface area contributed by atoms with Crippen molar-refractivity contribution in [3.8, 4) is 0 Å². The highest BCUT2D eigenvalue weighted by atomic mass is 16.6. The van der Waals surface area contributed by atoms with Crippen molar-refractivity contribution in [3.63, 3.8) is 0 Å². The molecule has 1 aliphatic rings. The maximum absolute atomic E-state index is 11.9. The Kier molecular flexibility index (Phi) is 3.99. The molecule has 0 saturated carbocycles. The summed E-state index contributed by atoms with van der Waals surface area (Å²) in [7, 11) is 1.50. The van der Waals surface area contributed by atoms with Gasteiger partial charge in [0.15, 0.2) is 0 Å². The first-order valence-electron chi connectivity index (χ1n) is 6.01. The van der Waals surface area contributed by atoms with Crippen LogP contribution in [0.5, 0.6) is 0 Å². The maximum atomic E-state index is 11.9. The molecule has 20 heavy (non-hydrogen) atoms. The molecule has 1 saturated heterocycles. The minimum absolute atomic E-state index is 0.0897. The van der Waals surface area contributed by atoms with Crippen LogP contribution < -0.4 is 16.0 Å². The van der Waals surface area contributed by atoms with Crippen LogP contribution >= 0.6 is 0 Å². The Balaban J connectivity index is 2.44. The van der Waals surface area contributed by atoms with Gasteiger partial charge in [0.25, 0.3) is 0 Å². The van der Waals surface area contributed by atoms with Crippen LogP contribution in [0.1, 0.15) is 0 Å². The fourth-order valence-corrected chi connectivity index (χ4v) is 2.05. The lowest BCUT2D eigenvalue weighted by molar-refractivity contribution is -0.384. The normalized spacial score (nSPS) is 18.6. The zero-order valence-corrected chi connectivity index (χ0v) is 10.9. The molecule has 0 aliphatic carbocycles. The van der Waals surface area contributed by atoms with Crippen LogP contribution in [0.4, 0.5) is 17.3 Å². The first kappa shape index (κ1) is 14.0. The number of pyridine rings is 1. The van der Waals surface area contributed by atoms with Gasteiger partial charge in [-0.2, -0.15) is 0 Å². The van der Waals surface area contributed by atoms with E-state index in [0.717, 1.165) is 0 Å². The van der Waals surface area contributed by atoms with Crippen LogP contribution in [0.15, 0.2) is 12.1 Å². The first-order chi connectivity index (χ1) is 9.54. The quantitative estimate of drug-likeness (QED) is 0.566. The molecule has 3 N–H and O–H groups in total. The van der Waals surface area contributed by atoms with Crippen molar-refractivity contribution in [2.75, 3.05) is 37.4 Å². The van der Waals surface area contributed by atoms with Crippen LogP contribution in [0.3, 0.4) is 0 Å². The van der Waals surface area contributed by atoms with Gasteiger partial charge in [0.2, 0.25) is 11.7 Å². The van der Waals surface area contributed by atoms with Crippen LogP contribution in [-0.2, 0) is 9.53 Å². The number of hydrogen-bond acceptors (Lipinski definition) is 7. The smallest absolute Gasteiger partial charge is 0.311 e. The van der Waals surface area contributed by atoms with E-state index >= 15 is 0 Å². The number of ether oxygens (including phenoxy) is 1. The summed E-state index contributed by atoms with van der Waals surface area (Å²) >= 11 is 0. The number of hydrogen-bond donors (Lipinski definition) is 2. The van der Waals surface area contributed by atoms with Gasteiger partial charge in [0, 0.05) is 19.7 Å². The molecule has 1 unspecified atom stereocenters. The van der Waals surface area contributed by atoms with E-state index in [9.17, 15) is 14.9 Å². The van der Waals surface area contributed by atoms with Crippen molar-refractivity contribution in [2.24, 2.45) is 0 Å². The highest BCUT2D eigenvalue weighted by Gasteiger charge is 2.34. The molecule has 108 valence electrons. The topological polar surface area (TPSA) is 124 Å². The molecule has 0 bridgehead atoms. The molecule has 0 spiro atoms. The van der Waals surface area contributed by atoms with Gasteiger partial charge in [-0.3, -0.25) is 14.9 Å². The number of nitrogens with one attached hydrogen (secondary N) is 1. The van der Waals surface area contributed by atoms with Crippen molar-refractivity contribution >= 4 is 23.2 Å². The lowest BCUT2D eigenvalue weighted by atomic mass is 10.2. The molecule has 1 amide bonds. The van der Waals surface area contributed by atoms with Gasteiger partial charge in [0.05, 0.1) is 18.1 Å². The second kappa shape index (κ2) is 5.70. The Labute approximate surface area is 114 Å². The number of morpholine rings is 1. The Morgan fingerprint density at radius 1 is 1.65 bits per heavy atom. The highest BCUT2D eigenvalue weighted by Crippen LogP contribution is 2.29. The van der Waals surface area contributed by atoms with Crippen LogP contribution in [0.25, 0.3) is 0 Å². The SMILES string of the molecule is CNC(=O)C1COCCN1c1nc(N)ccc1[N+](=O)[O-]. The molecular formula is C11H15N5O4. The van der Waals surface area contributed by atoms with Gasteiger partial charge in [-0.05, 0) is 6.07 Å². The van der Waals surface area contributed by atoms with Gasteiger partial charge in [-0.15, -0.1) is 0 Å². The number of nitro groups is 1. The lowest BCUT2D eigenvalue weighted by Crippen LogP contribution is -2.53. The van der Waals surface area contributed by atoms with E-state index in [1.165, 1.54) is 19.2 Å². The molecule has 2 heterocycles. The predicted octanol–water partition coefficient (Wildman–Crippen LogP) is -0.477. The largest absolute Gasteiger partial charge is 0.384 e.